The fraction of sp³-hybridized carbons (Fsp3) is 0.182. The summed E-state index contributed by atoms with van der Waals surface area (Å²) < 4.78 is -2.48. The van der Waals surface area contributed by atoms with E-state index in [9.17, 15) is 0 Å². The first-order valence-electron chi connectivity index (χ1n) is 8.60. The summed E-state index contributed by atoms with van der Waals surface area (Å²) in [7, 11) is 0. The molecule has 0 aliphatic carbocycles. The molecule has 2 heteroatoms. The van der Waals surface area contributed by atoms with Gasteiger partial charge in [-0.25, -0.2) is 0 Å². The fourth-order valence-corrected chi connectivity index (χ4v) is 12.4. The SMILES string of the molecule is CCCCP(I)(c1ccccc1)(c1ccccc1)c1ccccc1. The number of hydrogen-bond acceptors (Lipinski definition) is 0. The normalized spacial score (nSPS) is 13.2. The van der Waals surface area contributed by atoms with Crippen molar-refractivity contribution in [3.8, 4) is 0 Å². The minimum absolute atomic E-state index is 1.21. The molecule has 0 saturated carbocycles. The van der Waals surface area contributed by atoms with Crippen molar-refractivity contribution in [1.29, 1.82) is 0 Å². The summed E-state index contributed by atoms with van der Waals surface area (Å²) in [5.74, 6) is 0. The molecule has 0 unspecified atom stereocenters. The second-order valence-electron chi connectivity index (χ2n) is 6.27. The molecule has 0 N–H and O–H groups in total. The summed E-state index contributed by atoms with van der Waals surface area (Å²) in [5, 5.41) is 4.44. The van der Waals surface area contributed by atoms with E-state index in [1.807, 2.05) is 0 Å². The quantitative estimate of drug-likeness (QED) is 0.338. The zero-order valence-corrected chi connectivity index (χ0v) is 17.2. The number of benzene rings is 3. The summed E-state index contributed by atoms with van der Waals surface area (Å²) in [4.78, 5) is 0. The van der Waals surface area contributed by atoms with Crippen molar-refractivity contribution in [2.75, 3.05) is 6.16 Å². The van der Waals surface area contributed by atoms with Crippen LogP contribution in [-0.4, -0.2) is 6.16 Å². The molecule has 0 radical (unpaired) electrons. The molecule has 0 amide bonds. The molecule has 0 fully saturated rings. The van der Waals surface area contributed by atoms with Gasteiger partial charge in [0.25, 0.3) is 0 Å². The van der Waals surface area contributed by atoms with Crippen LogP contribution in [0.4, 0.5) is 0 Å². The van der Waals surface area contributed by atoms with Crippen LogP contribution in [0.1, 0.15) is 19.8 Å². The molecular formula is C22H24IP. The molecule has 0 heterocycles. The Hall–Kier alpha value is -1.18. The predicted octanol–water partition coefficient (Wildman–Crippen LogP) is 5.67. The molecule has 0 aliphatic heterocycles. The van der Waals surface area contributed by atoms with Crippen LogP contribution < -0.4 is 15.9 Å². The first-order chi connectivity index (χ1) is 11.7. The average molecular weight is 446 g/mol. The zero-order valence-electron chi connectivity index (χ0n) is 14.1. The Morgan fingerprint density at radius 1 is 0.625 bits per heavy atom. The monoisotopic (exact) mass is 446 g/mol. The average Bonchev–Trinajstić information content (AvgIpc) is 2.68. The van der Waals surface area contributed by atoms with Gasteiger partial charge in [0.1, 0.15) is 0 Å². The van der Waals surface area contributed by atoms with Crippen molar-refractivity contribution in [2.45, 2.75) is 19.8 Å². The van der Waals surface area contributed by atoms with Crippen LogP contribution in [0.3, 0.4) is 0 Å². The predicted molar refractivity (Wildman–Crippen MR) is 119 cm³/mol. The summed E-state index contributed by atoms with van der Waals surface area (Å²) in [6, 6.07) is 33.5. The maximum absolute atomic E-state index is 2.86. The van der Waals surface area contributed by atoms with Crippen LogP contribution >= 0.6 is 26.3 Å². The maximum atomic E-state index is 2.86. The second-order valence-corrected chi connectivity index (χ2v) is 17.0. The van der Waals surface area contributed by atoms with E-state index >= 15 is 0 Å². The standard InChI is InChI=1S/C22H24IP/c1-2-3-19-24(23,20-13-7-4-8-14-20,21-15-9-5-10-16-21)22-17-11-6-12-18-22/h4-18H,2-3,19H2,1H3. The first-order valence-corrected chi connectivity index (χ1v) is 13.8. The van der Waals surface area contributed by atoms with Crippen LogP contribution in [0.2, 0.25) is 0 Å². The number of rotatable bonds is 6. The van der Waals surface area contributed by atoms with Crippen molar-refractivity contribution in [2.24, 2.45) is 0 Å². The summed E-state index contributed by atoms with van der Waals surface area (Å²) >= 11 is 2.86. The van der Waals surface area contributed by atoms with Crippen molar-refractivity contribution in [3.05, 3.63) is 91.0 Å². The van der Waals surface area contributed by atoms with Gasteiger partial charge in [-0.2, -0.15) is 0 Å². The molecular weight excluding hydrogens is 422 g/mol. The van der Waals surface area contributed by atoms with Crippen molar-refractivity contribution < 1.29 is 0 Å². The molecule has 24 heavy (non-hydrogen) atoms. The molecule has 0 atom stereocenters. The molecule has 0 aliphatic rings. The van der Waals surface area contributed by atoms with E-state index in [-0.39, 0.29) is 0 Å². The van der Waals surface area contributed by atoms with E-state index in [1.165, 1.54) is 34.9 Å². The Morgan fingerprint density at radius 3 is 1.25 bits per heavy atom. The van der Waals surface area contributed by atoms with Crippen LogP contribution in [0.15, 0.2) is 91.0 Å². The third-order valence-electron chi connectivity index (χ3n) is 4.82. The number of halogens is 1. The van der Waals surface area contributed by atoms with Gasteiger partial charge in [0.05, 0.1) is 0 Å². The van der Waals surface area contributed by atoms with Crippen LogP contribution in [0, 0.1) is 0 Å². The zero-order chi connectivity index (χ0) is 16.9. The van der Waals surface area contributed by atoms with Gasteiger partial charge in [-0.1, -0.05) is 0 Å². The molecule has 3 rings (SSSR count). The van der Waals surface area contributed by atoms with Gasteiger partial charge < -0.3 is 0 Å². The number of hydrogen-bond donors (Lipinski definition) is 0. The molecule has 124 valence electrons. The van der Waals surface area contributed by atoms with Crippen molar-refractivity contribution in [1.82, 2.24) is 0 Å². The molecule has 0 nitrogen and oxygen atoms in total. The van der Waals surface area contributed by atoms with Crippen molar-refractivity contribution >= 4 is 42.2 Å². The van der Waals surface area contributed by atoms with Gasteiger partial charge in [0.15, 0.2) is 0 Å². The van der Waals surface area contributed by atoms with E-state index in [2.05, 4.69) is 120 Å². The van der Waals surface area contributed by atoms with E-state index < -0.39 is 4.25 Å². The van der Waals surface area contributed by atoms with Gasteiger partial charge in [-0.15, -0.1) is 0 Å². The van der Waals surface area contributed by atoms with Crippen molar-refractivity contribution in [3.63, 3.8) is 0 Å². The molecule has 0 spiro atoms. The Morgan fingerprint density at radius 2 is 0.958 bits per heavy atom. The van der Waals surface area contributed by atoms with E-state index in [4.69, 9.17) is 0 Å². The van der Waals surface area contributed by atoms with Crippen LogP contribution in [0.25, 0.3) is 0 Å². The van der Waals surface area contributed by atoms with Crippen LogP contribution in [0.5, 0.6) is 0 Å². The minimum atomic E-state index is -2.48. The van der Waals surface area contributed by atoms with Gasteiger partial charge in [0, 0.05) is 0 Å². The molecule has 0 aromatic heterocycles. The topological polar surface area (TPSA) is 0 Å². The third-order valence-corrected chi connectivity index (χ3v) is 16.6. The molecule has 3 aromatic rings. The van der Waals surface area contributed by atoms with Gasteiger partial charge in [-0.3, -0.25) is 0 Å². The number of unbranched alkanes of at least 4 members (excludes halogenated alkanes) is 1. The van der Waals surface area contributed by atoms with Gasteiger partial charge in [-0.05, 0) is 0 Å². The Balaban J connectivity index is 2.37. The van der Waals surface area contributed by atoms with Gasteiger partial charge >= 0.3 is 159 Å². The van der Waals surface area contributed by atoms with E-state index in [0.717, 1.165) is 0 Å². The molecule has 0 saturated heterocycles. The van der Waals surface area contributed by atoms with Gasteiger partial charge in [0.2, 0.25) is 0 Å². The second kappa shape index (κ2) is 7.37. The Labute approximate surface area is 158 Å². The Kier molecular flexibility index (Phi) is 5.42. The van der Waals surface area contributed by atoms with E-state index in [1.54, 1.807) is 0 Å². The summed E-state index contributed by atoms with van der Waals surface area (Å²) in [6.45, 7) is 2.29. The van der Waals surface area contributed by atoms with E-state index in [0.29, 0.717) is 0 Å². The molecule has 0 bridgehead atoms. The first kappa shape index (κ1) is 17.6. The summed E-state index contributed by atoms with van der Waals surface area (Å²) in [5.41, 5.74) is 0. The summed E-state index contributed by atoms with van der Waals surface area (Å²) in [6.07, 6.45) is 3.66. The van der Waals surface area contributed by atoms with Crippen LogP contribution in [-0.2, 0) is 0 Å². The third kappa shape index (κ3) is 2.93. The fourth-order valence-electron chi connectivity index (χ4n) is 3.51. The Bertz CT molecular complexity index is 669. The molecule has 3 aromatic carbocycles.